The molecule has 0 amide bonds. The van der Waals surface area contributed by atoms with Crippen molar-refractivity contribution in [3.05, 3.63) is 29.1 Å². The molecule has 0 aliphatic carbocycles. The van der Waals surface area contributed by atoms with Crippen LogP contribution in [-0.4, -0.2) is 8.42 Å². The highest BCUT2D eigenvalue weighted by Crippen LogP contribution is 2.24. The van der Waals surface area contributed by atoms with Crippen molar-refractivity contribution < 1.29 is 12.8 Å². The first kappa shape index (κ1) is 11.0. The SMILES string of the molecule is Cc1ccc(C#N)c(F)c1S(=O)(=O)Cl. The van der Waals surface area contributed by atoms with Crippen LogP contribution >= 0.6 is 10.7 Å². The first-order valence-electron chi connectivity index (χ1n) is 3.52. The van der Waals surface area contributed by atoms with Crippen LogP contribution < -0.4 is 0 Å². The van der Waals surface area contributed by atoms with Crippen LogP contribution in [-0.2, 0) is 9.05 Å². The van der Waals surface area contributed by atoms with Crippen LogP contribution in [0, 0.1) is 24.1 Å². The van der Waals surface area contributed by atoms with Gasteiger partial charge in [0.25, 0.3) is 9.05 Å². The Morgan fingerprint density at radius 3 is 2.50 bits per heavy atom. The molecule has 0 N–H and O–H groups in total. The molecule has 1 rings (SSSR count). The van der Waals surface area contributed by atoms with Gasteiger partial charge in [0.05, 0.1) is 5.56 Å². The summed E-state index contributed by atoms with van der Waals surface area (Å²) in [7, 11) is 0.870. The van der Waals surface area contributed by atoms with Crippen LogP contribution in [0.15, 0.2) is 17.0 Å². The van der Waals surface area contributed by atoms with Gasteiger partial charge in [-0.2, -0.15) is 5.26 Å². The lowest BCUT2D eigenvalue weighted by atomic mass is 10.1. The molecular formula is C8H5ClFNO2S. The zero-order valence-corrected chi connectivity index (χ0v) is 8.66. The minimum absolute atomic E-state index is 0.177. The van der Waals surface area contributed by atoms with Gasteiger partial charge in [-0.3, -0.25) is 0 Å². The van der Waals surface area contributed by atoms with Gasteiger partial charge >= 0.3 is 0 Å². The molecule has 0 fully saturated rings. The maximum atomic E-state index is 13.3. The van der Waals surface area contributed by atoms with E-state index in [9.17, 15) is 12.8 Å². The van der Waals surface area contributed by atoms with Crippen molar-refractivity contribution in [1.82, 2.24) is 0 Å². The fourth-order valence-corrected chi connectivity index (χ4v) is 2.38. The van der Waals surface area contributed by atoms with E-state index >= 15 is 0 Å². The van der Waals surface area contributed by atoms with Crippen molar-refractivity contribution in [3.8, 4) is 6.07 Å². The zero-order chi connectivity index (χ0) is 10.9. The second-order valence-electron chi connectivity index (χ2n) is 2.62. The number of nitrogens with zero attached hydrogens (tertiary/aromatic N) is 1. The van der Waals surface area contributed by atoms with Crippen molar-refractivity contribution >= 4 is 19.7 Å². The first-order valence-corrected chi connectivity index (χ1v) is 5.82. The maximum absolute atomic E-state index is 13.3. The summed E-state index contributed by atoms with van der Waals surface area (Å²) < 4.78 is 35.3. The highest BCUT2D eigenvalue weighted by Gasteiger charge is 2.21. The molecule has 0 saturated carbocycles. The standard InChI is InChI=1S/C8H5ClFNO2S/c1-5-2-3-6(4-11)7(10)8(5)14(9,12)13/h2-3H,1H3. The number of nitriles is 1. The maximum Gasteiger partial charge on any atom is 0.264 e. The second kappa shape index (κ2) is 3.56. The Labute approximate surface area is 85.2 Å². The zero-order valence-electron chi connectivity index (χ0n) is 7.08. The summed E-state index contributed by atoms with van der Waals surface area (Å²) in [6.07, 6.45) is 0. The van der Waals surface area contributed by atoms with E-state index in [1.807, 2.05) is 0 Å². The molecule has 0 heterocycles. The predicted octanol–water partition coefficient (Wildman–Crippen LogP) is 1.93. The van der Waals surface area contributed by atoms with Gasteiger partial charge in [0.15, 0.2) is 5.82 Å². The minimum Gasteiger partial charge on any atom is -0.207 e. The Morgan fingerprint density at radius 1 is 1.50 bits per heavy atom. The molecule has 0 unspecified atom stereocenters. The summed E-state index contributed by atoms with van der Waals surface area (Å²) in [5.74, 6) is -1.09. The molecule has 6 heteroatoms. The first-order chi connectivity index (χ1) is 6.38. The molecule has 1 aromatic carbocycles. The van der Waals surface area contributed by atoms with Crippen LogP contribution in [0.5, 0.6) is 0 Å². The summed E-state index contributed by atoms with van der Waals surface area (Å²) in [6.45, 7) is 1.40. The minimum atomic E-state index is -4.15. The van der Waals surface area contributed by atoms with Crippen LogP contribution in [0.2, 0.25) is 0 Å². The fourth-order valence-electron chi connectivity index (χ4n) is 1.04. The van der Waals surface area contributed by atoms with E-state index in [-0.39, 0.29) is 11.1 Å². The summed E-state index contributed by atoms with van der Waals surface area (Å²) in [5, 5.41) is 8.47. The average molecular weight is 234 g/mol. The predicted molar refractivity (Wildman–Crippen MR) is 48.9 cm³/mol. The fraction of sp³-hybridized carbons (Fsp3) is 0.125. The van der Waals surface area contributed by atoms with E-state index in [1.165, 1.54) is 25.1 Å². The summed E-state index contributed by atoms with van der Waals surface area (Å²) in [4.78, 5) is -0.627. The summed E-state index contributed by atoms with van der Waals surface area (Å²) >= 11 is 0. The average Bonchev–Trinajstić information content (AvgIpc) is 2.02. The molecule has 0 atom stereocenters. The lowest BCUT2D eigenvalue weighted by Crippen LogP contribution is -2.01. The third kappa shape index (κ3) is 1.86. The van der Waals surface area contributed by atoms with E-state index in [2.05, 4.69) is 0 Å². The van der Waals surface area contributed by atoms with Crippen LogP contribution in [0.3, 0.4) is 0 Å². The Balaban J connectivity index is 3.68. The van der Waals surface area contributed by atoms with Gasteiger partial charge in [-0.15, -0.1) is 0 Å². The number of halogens is 2. The Kier molecular flexibility index (Phi) is 2.79. The number of rotatable bonds is 1. The molecule has 0 bridgehead atoms. The van der Waals surface area contributed by atoms with Gasteiger partial charge in [-0.1, -0.05) is 6.07 Å². The van der Waals surface area contributed by atoms with Crippen molar-refractivity contribution in [2.75, 3.05) is 0 Å². The van der Waals surface area contributed by atoms with E-state index in [1.54, 1.807) is 0 Å². The topological polar surface area (TPSA) is 57.9 Å². The van der Waals surface area contributed by atoms with Crippen molar-refractivity contribution in [1.29, 1.82) is 5.26 Å². The van der Waals surface area contributed by atoms with E-state index in [0.717, 1.165) is 0 Å². The van der Waals surface area contributed by atoms with Crippen LogP contribution in [0.1, 0.15) is 11.1 Å². The van der Waals surface area contributed by atoms with E-state index in [4.69, 9.17) is 15.9 Å². The Morgan fingerprint density at radius 2 is 2.07 bits per heavy atom. The largest absolute Gasteiger partial charge is 0.264 e. The normalized spacial score (nSPS) is 11.0. The van der Waals surface area contributed by atoms with Crippen molar-refractivity contribution in [2.24, 2.45) is 0 Å². The molecule has 3 nitrogen and oxygen atoms in total. The van der Waals surface area contributed by atoms with Gasteiger partial charge < -0.3 is 0 Å². The molecule has 0 aliphatic rings. The third-order valence-corrected chi connectivity index (χ3v) is 3.11. The molecule has 0 aromatic heterocycles. The third-order valence-electron chi connectivity index (χ3n) is 1.66. The number of hydrogen-bond donors (Lipinski definition) is 0. The number of hydrogen-bond acceptors (Lipinski definition) is 3. The molecule has 1 aromatic rings. The van der Waals surface area contributed by atoms with Gasteiger partial charge in [-0.25, -0.2) is 12.8 Å². The summed E-state index contributed by atoms with van der Waals surface area (Å²) in [5.41, 5.74) is -0.161. The second-order valence-corrected chi connectivity index (χ2v) is 5.13. The summed E-state index contributed by atoms with van der Waals surface area (Å²) in [6, 6.07) is 4.07. The van der Waals surface area contributed by atoms with E-state index in [0.29, 0.717) is 0 Å². The molecule has 14 heavy (non-hydrogen) atoms. The van der Waals surface area contributed by atoms with Crippen LogP contribution in [0.4, 0.5) is 4.39 Å². The lowest BCUT2D eigenvalue weighted by molar-refractivity contribution is 0.571. The van der Waals surface area contributed by atoms with Gasteiger partial charge in [0.1, 0.15) is 11.0 Å². The van der Waals surface area contributed by atoms with Crippen LogP contribution in [0.25, 0.3) is 0 Å². The molecule has 74 valence electrons. The van der Waals surface area contributed by atoms with Gasteiger partial charge in [0, 0.05) is 10.7 Å². The highest BCUT2D eigenvalue weighted by atomic mass is 35.7. The Hall–Kier alpha value is -1.12. The number of aryl methyl sites for hydroxylation is 1. The Bertz CT molecular complexity index is 519. The molecular weight excluding hydrogens is 229 g/mol. The van der Waals surface area contributed by atoms with Gasteiger partial charge in [0.2, 0.25) is 0 Å². The van der Waals surface area contributed by atoms with Crippen molar-refractivity contribution in [3.63, 3.8) is 0 Å². The lowest BCUT2D eigenvalue weighted by Gasteiger charge is -2.03. The molecule has 0 radical (unpaired) electrons. The van der Waals surface area contributed by atoms with E-state index < -0.39 is 19.8 Å². The quantitative estimate of drug-likeness (QED) is 0.697. The van der Waals surface area contributed by atoms with Crippen molar-refractivity contribution in [2.45, 2.75) is 11.8 Å². The van der Waals surface area contributed by atoms with Gasteiger partial charge in [-0.05, 0) is 18.6 Å². The number of benzene rings is 1. The molecule has 0 spiro atoms. The monoisotopic (exact) mass is 233 g/mol. The molecule has 0 aliphatic heterocycles. The highest BCUT2D eigenvalue weighted by molar-refractivity contribution is 8.13. The smallest absolute Gasteiger partial charge is 0.207 e. The molecule has 0 saturated heterocycles.